The molecule has 8 heteroatoms. The first-order valence-electron chi connectivity index (χ1n) is 8.63. The highest BCUT2D eigenvalue weighted by Crippen LogP contribution is 2.26. The molecule has 3 rings (SSSR count). The number of nitrogens with zero attached hydrogens (tertiary/aromatic N) is 3. The topological polar surface area (TPSA) is 106 Å². The van der Waals surface area contributed by atoms with Crippen molar-refractivity contribution in [3.8, 4) is 11.5 Å². The summed E-state index contributed by atoms with van der Waals surface area (Å²) in [7, 11) is 0. The Labute approximate surface area is 150 Å². The van der Waals surface area contributed by atoms with Crippen molar-refractivity contribution in [3.05, 3.63) is 36.2 Å². The van der Waals surface area contributed by atoms with Gasteiger partial charge in [-0.25, -0.2) is 0 Å². The van der Waals surface area contributed by atoms with Crippen LogP contribution in [0.2, 0.25) is 0 Å². The summed E-state index contributed by atoms with van der Waals surface area (Å²) in [5.41, 5.74) is 0.814. The van der Waals surface area contributed by atoms with Crippen LogP contribution in [0.15, 0.2) is 34.9 Å². The second-order valence-electron chi connectivity index (χ2n) is 6.10. The summed E-state index contributed by atoms with van der Waals surface area (Å²) in [6.07, 6.45) is 1.39. The second kappa shape index (κ2) is 8.57. The number of aromatic nitrogens is 2. The molecule has 0 saturated carbocycles. The van der Waals surface area contributed by atoms with E-state index in [1.807, 2.05) is 30.3 Å². The molecule has 8 nitrogen and oxygen atoms in total. The van der Waals surface area contributed by atoms with Crippen LogP contribution in [0.25, 0.3) is 11.5 Å². The Bertz CT molecular complexity index is 746. The van der Waals surface area contributed by atoms with Gasteiger partial charge in [0.1, 0.15) is 6.04 Å². The lowest BCUT2D eigenvalue weighted by Gasteiger charge is -2.33. The molecule has 0 radical (unpaired) electrons. The van der Waals surface area contributed by atoms with E-state index in [2.05, 4.69) is 10.1 Å². The summed E-state index contributed by atoms with van der Waals surface area (Å²) >= 11 is 0. The van der Waals surface area contributed by atoms with Crippen LogP contribution in [0, 0.1) is 0 Å². The lowest BCUT2D eigenvalue weighted by Crippen LogP contribution is -2.43. The van der Waals surface area contributed by atoms with Crippen molar-refractivity contribution >= 4 is 11.9 Å². The van der Waals surface area contributed by atoms with Crippen molar-refractivity contribution < 1.29 is 24.0 Å². The van der Waals surface area contributed by atoms with E-state index in [0.29, 0.717) is 50.7 Å². The molecule has 1 saturated heterocycles. The number of benzene rings is 1. The summed E-state index contributed by atoms with van der Waals surface area (Å²) in [6.45, 7) is 1.23. The minimum absolute atomic E-state index is 0.0465. The van der Waals surface area contributed by atoms with Crippen molar-refractivity contribution in [2.45, 2.75) is 31.7 Å². The van der Waals surface area contributed by atoms with Crippen LogP contribution in [0.5, 0.6) is 0 Å². The number of hydrogen-bond acceptors (Lipinski definition) is 6. The van der Waals surface area contributed by atoms with Crippen molar-refractivity contribution in [3.63, 3.8) is 0 Å². The van der Waals surface area contributed by atoms with E-state index >= 15 is 0 Å². The maximum absolute atomic E-state index is 12.5. The number of morpholine rings is 1. The zero-order valence-corrected chi connectivity index (χ0v) is 14.3. The molecule has 2 heterocycles. The van der Waals surface area contributed by atoms with Crippen LogP contribution in [-0.2, 0) is 14.3 Å². The van der Waals surface area contributed by atoms with Gasteiger partial charge in [-0.2, -0.15) is 4.98 Å². The van der Waals surface area contributed by atoms with E-state index in [-0.39, 0.29) is 12.3 Å². The van der Waals surface area contributed by atoms with Crippen LogP contribution in [0.1, 0.15) is 37.5 Å². The Morgan fingerprint density at radius 1 is 1.19 bits per heavy atom. The third-order valence-corrected chi connectivity index (χ3v) is 4.24. The molecule has 1 N–H and O–H groups in total. The molecular weight excluding hydrogens is 338 g/mol. The van der Waals surface area contributed by atoms with E-state index in [4.69, 9.17) is 14.4 Å². The fourth-order valence-corrected chi connectivity index (χ4v) is 2.88. The van der Waals surface area contributed by atoms with Gasteiger partial charge in [-0.1, -0.05) is 23.4 Å². The number of rotatable bonds is 7. The van der Waals surface area contributed by atoms with Crippen LogP contribution >= 0.6 is 0 Å². The summed E-state index contributed by atoms with van der Waals surface area (Å²) < 4.78 is 10.8. The van der Waals surface area contributed by atoms with Gasteiger partial charge in [0, 0.05) is 24.9 Å². The fourth-order valence-electron chi connectivity index (χ4n) is 2.88. The number of hydrogen-bond donors (Lipinski definition) is 1. The number of carbonyl (C=O) groups is 2. The standard InChI is InChI=1S/C18H21N3O5/c22-15(8-4-5-9-16(23)24)21-10-11-25-12-14(21)17-19-18(26-20-17)13-6-2-1-3-7-13/h1-3,6-7,14H,4-5,8-12H2,(H,23,24). The number of ether oxygens (including phenoxy) is 1. The minimum atomic E-state index is -0.845. The highest BCUT2D eigenvalue weighted by molar-refractivity contribution is 5.76. The average Bonchev–Trinajstić information content (AvgIpc) is 3.16. The van der Waals surface area contributed by atoms with Crippen molar-refractivity contribution in [1.82, 2.24) is 15.0 Å². The largest absolute Gasteiger partial charge is 0.481 e. The fraction of sp³-hybridized carbons (Fsp3) is 0.444. The van der Waals surface area contributed by atoms with Crippen LogP contribution in [-0.4, -0.2) is 51.8 Å². The number of carboxylic acids is 1. The maximum atomic E-state index is 12.5. The minimum Gasteiger partial charge on any atom is -0.481 e. The van der Waals surface area contributed by atoms with E-state index in [1.54, 1.807) is 4.90 Å². The van der Waals surface area contributed by atoms with Gasteiger partial charge in [0.25, 0.3) is 5.89 Å². The molecule has 1 aliphatic rings. The third-order valence-electron chi connectivity index (χ3n) is 4.24. The van der Waals surface area contributed by atoms with E-state index in [1.165, 1.54) is 0 Å². The number of amides is 1. The summed E-state index contributed by atoms with van der Waals surface area (Å²) in [5.74, 6) is -0.0702. The highest BCUT2D eigenvalue weighted by Gasteiger charge is 2.32. The quantitative estimate of drug-likeness (QED) is 0.756. The Morgan fingerprint density at radius 2 is 1.96 bits per heavy atom. The number of carbonyl (C=O) groups excluding carboxylic acids is 1. The zero-order valence-electron chi connectivity index (χ0n) is 14.3. The summed E-state index contributed by atoms with van der Waals surface area (Å²) in [4.78, 5) is 29.2. The Hall–Kier alpha value is -2.74. The zero-order chi connectivity index (χ0) is 18.4. The first-order valence-corrected chi connectivity index (χ1v) is 8.63. The van der Waals surface area contributed by atoms with Crippen LogP contribution in [0.3, 0.4) is 0 Å². The second-order valence-corrected chi connectivity index (χ2v) is 6.10. The normalized spacial score (nSPS) is 17.2. The van der Waals surface area contributed by atoms with E-state index in [9.17, 15) is 9.59 Å². The SMILES string of the molecule is O=C(O)CCCCC(=O)N1CCOCC1c1noc(-c2ccccc2)n1. The smallest absolute Gasteiger partial charge is 0.303 e. The van der Waals surface area contributed by atoms with Gasteiger partial charge in [0.2, 0.25) is 5.91 Å². The lowest BCUT2D eigenvalue weighted by atomic mass is 10.1. The Morgan fingerprint density at radius 3 is 2.73 bits per heavy atom. The first-order chi connectivity index (χ1) is 12.6. The van der Waals surface area contributed by atoms with Crippen molar-refractivity contribution in [2.24, 2.45) is 0 Å². The number of aliphatic carboxylic acids is 1. The monoisotopic (exact) mass is 359 g/mol. The molecule has 2 aromatic rings. The lowest BCUT2D eigenvalue weighted by molar-refractivity contribution is -0.141. The molecule has 1 aromatic carbocycles. The summed E-state index contributed by atoms with van der Waals surface area (Å²) in [5, 5.41) is 12.7. The van der Waals surface area contributed by atoms with Gasteiger partial charge >= 0.3 is 5.97 Å². The van der Waals surface area contributed by atoms with Crippen molar-refractivity contribution in [1.29, 1.82) is 0 Å². The van der Waals surface area contributed by atoms with Crippen molar-refractivity contribution in [2.75, 3.05) is 19.8 Å². The number of unbranched alkanes of at least 4 members (excludes halogenated alkanes) is 1. The van der Waals surface area contributed by atoms with Gasteiger partial charge < -0.3 is 19.3 Å². The van der Waals surface area contributed by atoms with Gasteiger partial charge in [0.05, 0.1) is 13.2 Å². The predicted octanol–water partition coefficient (Wildman–Crippen LogP) is 2.28. The molecule has 0 bridgehead atoms. The predicted molar refractivity (Wildman–Crippen MR) is 91.1 cm³/mol. The molecule has 1 amide bonds. The molecule has 1 unspecified atom stereocenters. The van der Waals surface area contributed by atoms with Crippen LogP contribution in [0.4, 0.5) is 0 Å². The Balaban J connectivity index is 1.66. The van der Waals surface area contributed by atoms with Crippen LogP contribution < -0.4 is 0 Å². The maximum Gasteiger partial charge on any atom is 0.303 e. The molecule has 1 atom stereocenters. The summed E-state index contributed by atoms with van der Waals surface area (Å²) in [6, 6.07) is 9.03. The van der Waals surface area contributed by atoms with Gasteiger partial charge in [0.15, 0.2) is 5.82 Å². The van der Waals surface area contributed by atoms with Gasteiger partial charge in [-0.05, 0) is 25.0 Å². The molecule has 1 fully saturated rings. The molecular formula is C18H21N3O5. The average molecular weight is 359 g/mol. The van der Waals surface area contributed by atoms with E-state index in [0.717, 1.165) is 5.56 Å². The van der Waals surface area contributed by atoms with Gasteiger partial charge in [-0.3, -0.25) is 9.59 Å². The third kappa shape index (κ3) is 4.45. The highest BCUT2D eigenvalue weighted by atomic mass is 16.5. The molecule has 0 spiro atoms. The number of carboxylic acid groups (broad SMARTS) is 1. The first kappa shape index (κ1) is 18.1. The molecule has 1 aliphatic heterocycles. The van der Waals surface area contributed by atoms with E-state index < -0.39 is 12.0 Å². The molecule has 138 valence electrons. The van der Waals surface area contributed by atoms with Gasteiger partial charge in [-0.15, -0.1) is 0 Å². The molecule has 26 heavy (non-hydrogen) atoms. The Kier molecular flexibility index (Phi) is 5.96. The molecule has 1 aromatic heterocycles. The molecule has 0 aliphatic carbocycles.